The van der Waals surface area contributed by atoms with Crippen molar-refractivity contribution in [3.63, 3.8) is 0 Å². The van der Waals surface area contributed by atoms with Crippen LogP contribution >= 0.6 is 0 Å². The van der Waals surface area contributed by atoms with Crippen molar-refractivity contribution >= 4 is 29.7 Å². The van der Waals surface area contributed by atoms with E-state index in [4.69, 9.17) is 10.5 Å². The topological polar surface area (TPSA) is 180 Å². The van der Waals surface area contributed by atoms with Gasteiger partial charge in [-0.25, -0.2) is 4.79 Å². The van der Waals surface area contributed by atoms with Gasteiger partial charge in [0.2, 0.25) is 23.6 Å². The number of rotatable bonds is 16. The summed E-state index contributed by atoms with van der Waals surface area (Å²) >= 11 is 0. The minimum absolute atomic E-state index is 0.0116. The standard InChI is InChI=1S/C32H53N5O7/c1-19(2)15-23(35-29(41)24(17-26(33)39)37(9)31(43)44-32(6,7)8)25(38)16-21(5)28(40)36-27(20(3)4)30(42)34-18-22-13-11-10-12-14-22/h10-14,19-21,23-25,27,38H,15-18H2,1-9H3,(H2,33,39)(H,34,42)(H,35,41)(H,36,40)/t21-,23+,24+,25+,27+/m1/s1. The van der Waals surface area contributed by atoms with E-state index in [0.717, 1.165) is 10.5 Å². The van der Waals surface area contributed by atoms with Gasteiger partial charge in [0, 0.05) is 19.5 Å². The molecule has 0 radical (unpaired) electrons. The maximum Gasteiger partial charge on any atom is 0.410 e. The van der Waals surface area contributed by atoms with Gasteiger partial charge < -0.3 is 31.5 Å². The molecule has 0 fully saturated rings. The van der Waals surface area contributed by atoms with Gasteiger partial charge in [-0.15, -0.1) is 0 Å². The molecule has 0 saturated carbocycles. The van der Waals surface area contributed by atoms with Crippen molar-refractivity contribution < 1.29 is 33.8 Å². The van der Waals surface area contributed by atoms with E-state index >= 15 is 0 Å². The van der Waals surface area contributed by atoms with Crippen LogP contribution in [0.25, 0.3) is 0 Å². The van der Waals surface area contributed by atoms with Crippen LogP contribution in [0.1, 0.15) is 80.2 Å². The number of carbonyl (C=O) groups excluding carboxylic acids is 5. The Hall–Kier alpha value is -3.67. The van der Waals surface area contributed by atoms with Gasteiger partial charge in [-0.1, -0.05) is 65.0 Å². The third-order valence-electron chi connectivity index (χ3n) is 6.96. The molecule has 6 N–H and O–H groups in total. The lowest BCUT2D eigenvalue weighted by Gasteiger charge is -2.33. The van der Waals surface area contributed by atoms with Crippen LogP contribution in [-0.2, 0) is 30.5 Å². The Morgan fingerprint density at radius 1 is 0.909 bits per heavy atom. The van der Waals surface area contributed by atoms with Crippen LogP contribution in [0.15, 0.2) is 30.3 Å². The normalized spacial score (nSPS) is 15.0. The molecule has 1 rings (SSSR count). The molecule has 5 amide bonds. The number of hydrogen-bond acceptors (Lipinski definition) is 7. The highest BCUT2D eigenvalue weighted by Gasteiger charge is 2.35. The summed E-state index contributed by atoms with van der Waals surface area (Å²) in [6, 6.07) is 6.58. The molecule has 0 unspecified atom stereocenters. The van der Waals surface area contributed by atoms with Gasteiger partial charge in [-0.05, 0) is 51.0 Å². The number of likely N-dealkylation sites (N-methyl/N-ethyl adjacent to an activating group) is 1. The zero-order valence-corrected chi connectivity index (χ0v) is 27.7. The molecular weight excluding hydrogens is 566 g/mol. The molecule has 248 valence electrons. The highest BCUT2D eigenvalue weighted by molar-refractivity contribution is 5.91. The predicted molar refractivity (Wildman–Crippen MR) is 168 cm³/mol. The average Bonchev–Trinajstić information content (AvgIpc) is 2.91. The number of carbonyl (C=O) groups is 5. The fraction of sp³-hybridized carbons (Fsp3) is 0.656. The molecule has 0 aliphatic rings. The third kappa shape index (κ3) is 13.7. The predicted octanol–water partition coefficient (Wildman–Crippen LogP) is 2.47. The molecule has 12 heteroatoms. The van der Waals surface area contributed by atoms with Crippen LogP contribution in [0.3, 0.4) is 0 Å². The summed E-state index contributed by atoms with van der Waals surface area (Å²) in [4.78, 5) is 64.9. The number of ether oxygens (including phenoxy) is 1. The molecule has 0 aliphatic heterocycles. The maximum absolute atomic E-state index is 13.4. The van der Waals surface area contributed by atoms with Crippen molar-refractivity contribution in [1.29, 1.82) is 0 Å². The lowest BCUT2D eigenvalue weighted by atomic mass is 9.91. The van der Waals surface area contributed by atoms with E-state index in [9.17, 15) is 29.1 Å². The van der Waals surface area contributed by atoms with E-state index in [0.29, 0.717) is 13.0 Å². The summed E-state index contributed by atoms with van der Waals surface area (Å²) in [5, 5.41) is 19.6. The number of hydrogen-bond donors (Lipinski definition) is 5. The Kier molecular flexibility index (Phi) is 15.3. The Labute approximate surface area is 261 Å². The molecule has 0 aromatic heterocycles. The first kappa shape index (κ1) is 38.4. The van der Waals surface area contributed by atoms with Gasteiger partial charge in [-0.3, -0.25) is 24.1 Å². The van der Waals surface area contributed by atoms with E-state index in [1.165, 1.54) is 7.05 Å². The van der Waals surface area contributed by atoms with E-state index in [-0.39, 0.29) is 24.2 Å². The van der Waals surface area contributed by atoms with Crippen molar-refractivity contribution in [2.75, 3.05) is 7.05 Å². The van der Waals surface area contributed by atoms with Crippen LogP contribution in [0.2, 0.25) is 0 Å². The summed E-state index contributed by atoms with van der Waals surface area (Å²) in [7, 11) is 1.34. The highest BCUT2D eigenvalue weighted by Crippen LogP contribution is 2.18. The molecule has 12 nitrogen and oxygen atoms in total. The SMILES string of the molecule is CC(C)C[C@H](NC(=O)[C@H](CC(N)=O)N(C)C(=O)OC(C)(C)C)[C@@H](O)C[C@@H](C)C(=O)N[C@H](C(=O)NCc1ccccc1)C(C)C. The van der Waals surface area contributed by atoms with Crippen LogP contribution < -0.4 is 21.7 Å². The molecule has 0 bridgehead atoms. The first-order chi connectivity index (χ1) is 20.3. The first-order valence-electron chi connectivity index (χ1n) is 15.2. The smallest absolute Gasteiger partial charge is 0.410 e. The number of amides is 5. The van der Waals surface area contributed by atoms with Crippen LogP contribution in [-0.4, -0.2) is 76.6 Å². The summed E-state index contributed by atoms with van der Waals surface area (Å²) < 4.78 is 5.34. The van der Waals surface area contributed by atoms with Crippen LogP contribution in [0.5, 0.6) is 0 Å². The Bertz CT molecular complexity index is 1100. The zero-order valence-electron chi connectivity index (χ0n) is 27.7. The van der Waals surface area contributed by atoms with Gasteiger partial charge >= 0.3 is 6.09 Å². The molecule has 0 aliphatic carbocycles. The van der Waals surface area contributed by atoms with Crippen molar-refractivity contribution in [1.82, 2.24) is 20.9 Å². The highest BCUT2D eigenvalue weighted by atomic mass is 16.6. The molecule has 0 heterocycles. The average molecular weight is 620 g/mol. The molecule has 0 saturated heterocycles. The lowest BCUT2D eigenvalue weighted by Crippen LogP contribution is -2.55. The number of primary amides is 1. The summed E-state index contributed by atoms with van der Waals surface area (Å²) in [6.45, 7) is 14.5. The van der Waals surface area contributed by atoms with E-state index in [2.05, 4.69) is 16.0 Å². The minimum atomic E-state index is -1.27. The minimum Gasteiger partial charge on any atom is -0.444 e. The van der Waals surface area contributed by atoms with Crippen molar-refractivity contribution in [2.24, 2.45) is 23.5 Å². The summed E-state index contributed by atoms with van der Waals surface area (Å²) in [5.41, 5.74) is 5.48. The summed E-state index contributed by atoms with van der Waals surface area (Å²) in [6.07, 6.45) is -2.06. The molecular formula is C32H53N5O7. The van der Waals surface area contributed by atoms with Gasteiger partial charge in [-0.2, -0.15) is 0 Å². The Morgan fingerprint density at radius 3 is 2.00 bits per heavy atom. The lowest BCUT2D eigenvalue weighted by molar-refractivity contribution is -0.133. The van der Waals surface area contributed by atoms with Crippen molar-refractivity contribution in [3.05, 3.63) is 35.9 Å². The molecule has 1 aromatic rings. The van der Waals surface area contributed by atoms with Gasteiger partial charge in [0.15, 0.2) is 0 Å². The Balaban J connectivity index is 2.97. The number of nitrogens with two attached hydrogens (primary N) is 1. The molecule has 5 atom stereocenters. The molecule has 44 heavy (non-hydrogen) atoms. The largest absolute Gasteiger partial charge is 0.444 e. The number of nitrogens with zero attached hydrogens (tertiary/aromatic N) is 1. The number of benzene rings is 1. The number of nitrogens with one attached hydrogen (secondary N) is 3. The second-order valence-corrected chi connectivity index (χ2v) is 13.2. The monoisotopic (exact) mass is 619 g/mol. The number of aliphatic hydroxyl groups is 1. The molecule has 0 spiro atoms. The second kappa shape index (κ2) is 17.6. The van der Waals surface area contributed by atoms with Crippen LogP contribution in [0.4, 0.5) is 4.79 Å². The fourth-order valence-electron chi connectivity index (χ4n) is 4.52. The van der Waals surface area contributed by atoms with E-state index in [1.54, 1.807) is 27.7 Å². The van der Waals surface area contributed by atoms with Crippen LogP contribution in [0, 0.1) is 17.8 Å². The third-order valence-corrected chi connectivity index (χ3v) is 6.96. The maximum atomic E-state index is 13.4. The van der Waals surface area contributed by atoms with Gasteiger partial charge in [0.25, 0.3) is 0 Å². The zero-order chi connectivity index (χ0) is 33.8. The first-order valence-corrected chi connectivity index (χ1v) is 15.2. The molecule has 1 aromatic carbocycles. The van der Waals surface area contributed by atoms with Crippen molar-refractivity contribution in [2.45, 2.75) is 111 Å². The quantitative estimate of drug-likeness (QED) is 0.188. The van der Waals surface area contributed by atoms with E-state index in [1.807, 2.05) is 58.0 Å². The fourth-order valence-corrected chi connectivity index (χ4v) is 4.52. The number of aliphatic hydroxyl groups excluding tert-OH is 1. The van der Waals surface area contributed by atoms with Gasteiger partial charge in [0.1, 0.15) is 17.7 Å². The van der Waals surface area contributed by atoms with E-state index < -0.39 is 66.0 Å². The Morgan fingerprint density at radius 2 is 1.50 bits per heavy atom. The second-order valence-electron chi connectivity index (χ2n) is 13.2. The summed E-state index contributed by atoms with van der Waals surface area (Å²) in [5.74, 6) is -3.05. The van der Waals surface area contributed by atoms with Crippen molar-refractivity contribution in [3.8, 4) is 0 Å². The van der Waals surface area contributed by atoms with Gasteiger partial charge in [0.05, 0.1) is 18.6 Å².